The quantitative estimate of drug-likeness (QED) is 0.370. The van der Waals surface area contributed by atoms with Crippen LogP contribution >= 0.6 is 0 Å². The van der Waals surface area contributed by atoms with Crippen LogP contribution in [0.3, 0.4) is 0 Å². The van der Waals surface area contributed by atoms with Gasteiger partial charge in [-0.3, -0.25) is 10.2 Å². The van der Waals surface area contributed by atoms with Crippen LogP contribution in [0.1, 0.15) is 19.8 Å². The molecule has 0 aromatic heterocycles. The molecule has 0 aromatic rings. The Morgan fingerprint density at radius 2 is 1.73 bits per heavy atom. The van der Waals surface area contributed by atoms with E-state index in [1.54, 1.807) is 9.80 Å². The molecule has 1 fully saturated rings. The zero-order chi connectivity index (χ0) is 11.3. The number of hydrazine groups is 1. The van der Waals surface area contributed by atoms with Crippen molar-refractivity contribution >= 4 is 11.9 Å². The SMILES string of the molecule is CCCC(=O)N1CCN(C(=O)NN)CC1. The van der Waals surface area contributed by atoms with Gasteiger partial charge < -0.3 is 9.80 Å². The van der Waals surface area contributed by atoms with Gasteiger partial charge in [-0.1, -0.05) is 6.92 Å². The molecule has 0 aliphatic carbocycles. The zero-order valence-electron chi connectivity index (χ0n) is 9.03. The van der Waals surface area contributed by atoms with E-state index in [0.717, 1.165) is 6.42 Å². The first-order valence-electron chi connectivity index (χ1n) is 5.22. The summed E-state index contributed by atoms with van der Waals surface area (Å²) in [6, 6.07) is -0.280. The summed E-state index contributed by atoms with van der Waals surface area (Å²) in [6.45, 7) is 4.30. The fourth-order valence-corrected chi connectivity index (χ4v) is 1.62. The molecule has 0 unspecified atom stereocenters. The summed E-state index contributed by atoms with van der Waals surface area (Å²) in [5.41, 5.74) is 2.09. The number of nitrogens with two attached hydrogens (primary N) is 1. The topological polar surface area (TPSA) is 78.7 Å². The largest absolute Gasteiger partial charge is 0.339 e. The van der Waals surface area contributed by atoms with Crippen molar-refractivity contribution in [3.05, 3.63) is 0 Å². The van der Waals surface area contributed by atoms with Gasteiger partial charge in [0.1, 0.15) is 0 Å². The van der Waals surface area contributed by atoms with E-state index in [1.807, 2.05) is 6.92 Å². The van der Waals surface area contributed by atoms with E-state index in [4.69, 9.17) is 5.84 Å². The Kier molecular flexibility index (Phi) is 4.36. The number of hydrogen-bond acceptors (Lipinski definition) is 3. The number of carbonyl (C=O) groups is 2. The van der Waals surface area contributed by atoms with Crippen LogP contribution in [0.25, 0.3) is 0 Å². The molecule has 3 amide bonds. The lowest BCUT2D eigenvalue weighted by atomic mass is 10.2. The molecule has 6 nitrogen and oxygen atoms in total. The number of amides is 3. The molecule has 1 aliphatic heterocycles. The van der Waals surface area contributed by atoms with Crippen LogP contribution in [0.2, 0.25) is 0 Å². The first-order chi connectivity index (χ1) is 7.19. The smallest absolute Gasteiger partial charge is 0.331 e. The van der Waals surface area contributed by atoms with Gasteiger partial charge in [0.25, 0.3) is 0 Å². The Labute approximate surface area is 89.4 Å². The number of urea groups is 1. The van der Waals surface area contributed by atoms with Crippen LogP contribution < -0.4 is 11.3 Å². The standard InChI is InChI=1S/C9H18N4O2/c1-2-3-8(14)12-4-6-13(7-5-12)9(15)11-10/h2-7,10H2,1H3,(H,11,15). The third-order valence-corrected chi connectivity index (χ3v) is 2.51. The molecular formula is C9H18N4O2. The molecule has 15 heavy (non-hydrogen) atoms. The summed E-state index contributed by atoms with van der Waals surface area (Å²) in [6.07, 6.45) is 1.45. The van der Waals surface area contributed by atoms with E-state index < -0.39 is 0 Å². The molecular weight excluding hydrogens is 196 g/mol. The predicted molar refractivity (Wildman–Crippen MR) is 55.8 cm³/mol. The minimum absolute atomic E-state index is 0.172. The number of nitrogens with one attached hydrogen (secondary N) is 1. The number of nitrogens with zero attached hydrogens (tertiary/aromatic N) is 2. The average Bonchev–Trinajstić information content (AvgIpc) is 2.28. The van der Waals surface area contributed by atoms with Gasteiger partial charge >= 0.3 is 6.03 Å². The molecule has 0 bridgehead atoms. The lowest BCUT2D eigenvalue weighted by molar-refractivity contribution is -0.132. The van der Waals surface area contributed by atoms with Gasteiger partial charge in [-0.15, -0.1) is 0 Å². The second-order valence-corrected chi connectivity index (χ2v) is 3.57. The molecule has 0 aromatic carbocycles. The number of rotatable bonds is 2. The van der Waals surface area contributed by atoms with Crippen molar-refractivity contribution in [3.63, 3.8) is 0 Å². The minimum atomic E-state index is -0.280. The maximum absolute atomic E-state index is 11.5. The Hall–Kier alpha value is -1.30. The molecule has 1 heterocycles. The van der Waals surface area contributed by atoms with Crippen LogP contribution in [-0.4, -0.2) is 47.9 Å². The zero-order valence-corrected chi connectivity index (χ0v) is 9.03. The summed E-state index contributed by atoms with van der Waals surface area (Å²) in [7, 11) is 0. The molecule has 86 valence electrons. The Balaban J connectivity index is 2.35. The summed E-state index contributed by atoms with van der Waals surface area (Å²) in [5.74, 6) is 5.19. The second-order valence-electron chi connectivity index (χ2n) is 3.57. The van der Waals surface area contributed by atoms with Gasteiger partial charge in [-0.05, 0) is 6.42 Å². The van der Waals surface area contributed by atoms with Crippen molar-refractivity contribution in [1.29, 1.82) is 0 Å². The Morgan fingerprint density at radius 1 is 1.20 bits per heavy atom. The first-order valence-corrected chi connectivity index (χ1v) is 5.22. The van der Waals surface area contributed by atoms with E-state index in [-0.39, 0.29) is 11.9 Å². The maximum Gasteiger partial charge on any atom is 0.331 e. The van der Waals surface area contributed by atoms with Crippen molar-refractivity contribution in [3.8, 4) is 0 Å². The van der Waals surface area contributed by atoms with Crippen LogP contribution in [0.4, 0.5) is 4.79 Å². The van der Waals surface area contributed by atoms with Gasteiger partial charge in [0.15, 0.2) is 0 Å². The fourth-order valence-electron chi connectivity index (χ4n) is 1.62. The van der Waals surface area contributed by atoms with Crippen LogP contribution in [0.5, 0.6) is 0 Å². The van der Waals surface area contributed by atoms with Gasteiger partial charge in [0, 0.05) is 32.6 Å². The number of piperazine rings is 1. The predicted octanol–water partition coefficient (Wildman–Crippen LogP) is -0.486. The highest BCUT2D eigenvalue weighted by molar-refractivity contribution is 5.77. The third-order valence-electron chi connectivity index (χ3n) is 2.51. The monoisotopic (exact) mass is 214 g/mol. The van der Waals surface area contributed by atoms with E-state index in [9.17, 15) is 9.59 Å². The molecule has 3 N–H and O–H groups in total. The Morgan fingerprint density at radius 3 is 2.20 bits per heavy atom. The lowest BCUT2D eigenvalue weighted by Gasteiger charge is -2.34. The molecule has 1 aliphatic rings. The van der Waals surface area contributed by atoms with E-state index in [1.165, 1.54) is 0 Å². The fraction of sp³-hybridized carbons (Fsp3) is 0.778. The highest BCUT2D eigenvalue weighted by Crippen LogP contribution is 2.04. The molecule has 1 saturated heterocycles. The summed E-state index contributed by atoms with van der Waals surface area (Å²) in [4.78, 5) is 26.1. The minimum Gasteiger partial charge on any atom is -0.339 e. The van der Waals surface area contributed by atoms with Gasteiger partial charge in [-0.2, -0.15) is 0 Å². The molecule has 0 radical (unpaired) electrons. The highest BCUT2D eigenvalue weighted by Gasteiger charge is 2.22. The van der Waals surface area contributed by atoms with Crippen LogP contribution in [0, 0.1) is 0 Å². The van der Waals surface area contributed by atoms with E-state index >= 15 is 0 Å². The summed E-state index contributed by atoms with van der Waals surface area (Å²) >= 11 is 0. The van der Waals surface area contributed by atoms with E-state index in [2.05, 4.69) is 5.43 Å². The molecule has 0 atom stereocenters. The van der Waals surface area contributed by atoms with Crippen LogP contribution in [-0.2, 0) is 4.79 Å². The van der Waals surface area contributed by atoms with Crippen molar-refractivity contribution < 1.29 is 9.59 Å². The van der Waals surface area contributed by atoms with Gasteiger partial charge in [0.05, 0.1) is 0 Å². The highest BCUT2D eigenvalue weighted by atomic mass is 16.2. The van der Waals surface area contributed by atoms with E-state index in [0.29, 0.717) is 32.6 Å². The maximum atomic E-state index is 11.5. The average molecular weight is 214 g/mol. The number of carbonyl (C=O) groups excluding carboxylic acids is 2. The van der Waals surface area contributed by atoms with Gasteiger partial charge in [-0.25, -0.2) is 10.6 Å². The second kappa shape index (κ2) is 5.55. The van der Waals surface area contributed by atoms with Crippen molar-refractivity contribution in [2.45, 2.75) is 19.8 Å². The first kappa shape index (κ1) is 11.8. The van der Waals surface area contributed by atoms with Crippen molar-refractivity contribution in [2.75, 3.05) is 26.2 Å². The van der Waals surface area contributed by atoms with Gasteiger partial charge in [0.2, 0.25) is 5.91 Å². The molecule has 1 rings (SSSR count). The summed E-state index contributed by atoms with van der Waals surface area (Å²) in [5, 5.41) is 0. The molecule has 0 saturated carbocycles. The third kappa shape index (κ3) is 3.09. The number of hydrogen-bond donors (Lipinski definition) is 2. The van der Waals surface area contributed by atoms with Crippen LogP contribution in [0.15, 0.2) is 0 Å². The van der Waals surface area contributed by atoms with Crippen molar-refractivity contribution in [2.24, 2.45) is 5.84 Å². The molecule has 0 spiro atoms. The summed E-state index contributed by atoms with van der Waals surface area (Å²) < 4.78 is 0. The lowest BCUT2D eigenvalue weighted by Crippen LogP contribution is -2.54. The Bertz CT molecular complexity index is 236. The normalized spacial score (nSPS) is 16.4. The molecule has 6 heteroatoms. The van der Waals surface area contributed by atoms with Crippen molar-refractivity contribution in [1.82, 2.24) is 15.2 Å².